The molecule has 0 unspecified atom stereocenters. The fraction of sp³-hybridized carbons (Fsp3) is 0.250. The lowest BCUT2D eigenvalue weighted by Crippen LogP contribution is -2.47. The van der Waals surface area contributed by atoms with E-state index in [2.05, 4.69) is 62.9 Å². The van der Waals surface area contributed by atoms with Crippen molar-refractivity contribution in [2.75, 3.05) is 54.0 Å². The Labute approximate surface area is 302 Å². The molecule has 9 rings (SSSR count). The predicted octanol–water partition coefficient (Wildman–Crippen LogP) is 2.41. The van der Waals surface area contributed by atoms with E-state index in [-0.39, 0.29) is 11.9 Å². The normalized spacial score (nSPS) is 14.6. The molecule has 266 valence electrons. The number of fused-ring (bicyclic) bond motifs is 3. The van der Waals surface area contributed by atoms with E-state index in [0.29, 0.717) is 77.3 Å². The van der Waals surface area contributed by atoms with E-state index in [0.717, 1.165) is 54.9 Å². The lowest BCUT2D eigenvalue weighted by molar-refractivity contribution is 0.0734. The average molecular weight is 710 g/mol. The predicted molar refractivity (Wildman–Crippen MR) is 198 cm³/mol. The molecule has 17 heteroatoms. The lowest BCUT2D eigenvalue weighted by Gasteiger charge is -2.34. The minimum atomic E-state index is -0.0894. The van der Waals surface area contributed by atoms with E-state index in [1.165, 1.54) is 11.9 Å². The van der Waals surface area contributed by atoms with Crippen molar-refractivity contribution in [2.24, 2.45) is 5.73 Å². The van der Waals surface area contributed by atoms with Crippen LogP contribution in [0.2, 0.25) is 0 Å². The minimum Gasteiger partial charge on any atom is -0.424 e. The standard InChI is InChI=1S/C36H35N15O2/c37-13-22-14-40-35(41-15-22)48-7-9-49(10-8-48)36-42-16-26(17-43-36)33(52)50-6-5-23-11-21(1-2-25(23)19-50)18-51-32-29(31(38)44-20-45-32)30(47-51)24-3-4-28-27(12-24)46-34(39)53-28/h1-4,11-12,14-17,20H,5-10,13,18-19,37H2,(H2,39,46)(H2,38,44,45). The number of nitrogens with two attached hydrogens (primary N) is 3. The van der Waals surface area contributed by atoms with Gasteiger partial charge >= 0.3 is 0 Å². The van der Waals surface area contributed by atoms with Crippen LogP contribution in [0.15, 0.2) is 71.9 Å². The zero-order valence-electron chi connectivity index (χ0n) is 28.6. The number of aromatic nitrogens is 9. The highest BCUT2D eigenvalue weighted by molar-refractivity contribution is 5.99. The Kier molecular flexibility index (Phi) is 7.95. The third-order valence-electron chi connectivity index (χ3n) is 9.80. The van der Waals surface area contributed by atoms with Crippen molar-refractivity contribution in [3.8, 4) is 11.3 Å². The molecule has 5 aromatic heterocycles. The Morgan fingerprint density at radius 1 is 0.792 bits per heavy atom. The maximum atomic E-state index is 13.6. The summed E-state index contributed by atoms with van der Waals surface area (Å²) in [6, 6.07) is 12.0. The van der Waals surface area contributed by atoms with Gasteiger partial charge in [0.15, 0.2) is 11.2 Å². The highest BCUT2D eigenvalue weighted by atomic mass is 16.4. The van der Waals surface area contributed by atoms with Crippen LogP contribution in [0, 0.1) is 0 Å². The van der Waals surface area contributed by atoms with Gasteiger partial charge in [-0.15, -0.1) is 0 Å². The summed E-state index contributed by atoms with van der Waals surface area (Å²) in [6.07, 6.45) is 8.95. The molecular weight excluding hydrogens is 674 g/mol. The summed E-state index contributed by atoms with van der Waals surface area (Å²) in [5, 5.41) is 5.60. The molecule has 0 spiro atoms. The van der Waals surface area contributed by atoms with E-state index < -0.39 is 0 Å². The van der Waals surface area contributed by atoms with Crippen molar-refractivity contribution in [1.82, 2.24) is 49.6 Å². The van der Waals surface area contributed by atoms with Gasteiger partial charge in [-0.25, -0.2) is 34.6 Å². The molecule has 7 aromatic rings. The molecule has 0 saturated carbocycles. The number of carbonyl (C=O) groups excluding carboxylic acids is 1. The van der Waals surface area contributed by atoms with Crippen LogP contribution in [0.4, 0.5) is 23.7 Å². The van der Waals surface area contributed by atoms with Gasteiger partial charge in [0.05, 0.1) is 17.5 Å². The lowest BCUT2D eigenvalue weighted by atomic mass is 9.97. The van der Waals surface area contributed by atoms with Gasteiger partial charge in [-0.1, -0.05) is 18.2 Å². The van der Waals surface area contributed by atoms with Crippen LogP contribution >= 0.6 is 0 Å². The molecule has 0 atom stereocenters. The molecule has 0 bridgehead atoms. The number of benzene rings is 2. The van der Waals surface area contributed by atoms with E-state index in [4.69, 9.17) is 26.7 Å². The van der Waals surface area contributed by atoms with Crippen LogP contribution in [-0.4, -0.2) is 88.2 Å². The van der Waals surface area contributed by atoms with Crippen molar-refractivity contribution in [2.45, 2.75) is 26.1 Å². The number of anilines is 4. The number of nitrogens with zero attached hydrogens (tertiary/aromatic N) is 12. The Morgan fingerprint density at radius 2 is 1.53 bits per heavy atom. The third kappa shape index (κ3) is 6.05. The number of rotatable bonds is 7. The summed E-state index contributed by atoms with van der Waals surface area (Å²) in [7, 11) is 0. The van der Waals surface area contributed by atoms with Gasteiger partial charge in [-0.2, -0.15) is 10.1 Å². The Bertz CT molecular complexity index is 2470. The highest BCUT2D eigenvalue weighted by Gasteiger charge is 2.25. The van der Waals surface area contributed by atoms with Gasteiger partial charge in [-0.05, 0) is 41.3 Å². The van der Waals surface area contributed by atoms with Crippen LogP contribution in [-0.2, 0) is 26.1 Å². The smallest absolute Gasteiger partial charge is 0.292 e. The van der Waals surface area contributed by atoms with Gasteiger partial charge in [0, 0.05) is 81.7 Å². The number of hydrogen-bond donors (Lipinski definition) is 3. The van der Waals surface area contributed by atoms with Crippen molar-refractivity contribution >= 4 is 51.8 Å². The molecule has 1 fully saturated rings. The molecule has 7 heterocycles. The van der Waals surface area contributed by atoms with Gasteiger partial charge in [-0.3, -0.25) is 4.79 Å². The second-order valence-corrected chi connectivity index (χ2v) is 13.1. The second-order valence-electron chi connectivity index (χ2n) is 13.1. The zero-order valence-corrected chi connectivity index (χ0v) is 28.6. The first kappa shape index (κ1) is 32.2. The average Bonchev–Trinajstić information content (AvgIpc) is 3.77. The number of amides is 1. The molecule has 2 aliphatic heterocycles. The topological polar surface area (TPSA) is 226 Å². The molecule has 6 N–H and O–H groups in total. The van der Waals surface area contributed by atoms with Crippen LogP contribution in [0.25, 0.3) is 33.4 Å². The van der Waals surface area contributed by atoms with Gasteiger partial charge in [0.1, 0.15) is 23.4 Å². The van der Waals surface area contributed by atoms with Crippen molar-refractivity contribution < 1.29 is 9.21 Å². The van der Waals surface area contributed by atoms with E-state index >= 15 is 0 Å². The van der Waals surface area contributed by atoms with E-state index in [1.807, 2.05) is 27.8 Å². The summed E-state index contributed by atoms with van der Waals surface area (Å²) < 4.78 is 7.28. The first-order chi connectivity index (χ1) is 25.9. The first-order valence-electron chi connectivity index (χ1n) is 17.3. The maximum Gasteiger partial charge on any atom is 0.292 e. The quantitative estimate of drug-likeness (QED) is 0.216. The molecular formula is C36H35N15O2. The molecule has 17 nitrogen and oxygen atoms in total. The molecule has 1 amide bonds. The van der Waals surface area contributed by atoms with E-state index in [1.54, 1.807) is 24.8 Å². The SMILES string of the molecule is NCc1cnc(N2CCN(c3ncc(C(=O)N4CCc5cc(Cn6nc(-c7ccc8oc(N)nc8c7)c7c(N)ncnc76)ccc5C4)cn3)CC2)nc1. The monoisotopic (exact) mass is 709 g/mol. The van der Waals surface area contributed by atoms with Crippen molar-refractivity contribution in [1.29, 1.82) is 0 Å². The zero-order chi connectivity index (χ0) is 36.1. The van der Waals surface area contributed by atoms with Crippen molar-refractivity contribution in [3.05, 3.63) is 95.3 Å². The van der Waals surface area contributed by atoms with Crippen LogP contribution in [0.3, 0.4) is 0 Å². The third-order valence-corrected chi connectivity index (χ3v) is 9.80. The van der Waals surface area contributed by atoms with Gasteiger partial charge in [0.25, 0.3) is 11.9 Å². The second kappa shape index (κ2) is 13.1. The number of nitrogen functional groups attached to an aromatic ring is 2. The summed E-state index contributed by atoms with van der Waals surface area (Å²) in [5.41, 5.74) is 25.8. The summed E-state index contributed by atoms with van der Waals surface area (Å²) >= 11 is 0. The van der Waals surface area contributed by atoms with Crippen LogP contribution in [0.1, 0.15) is 32.6 Å². The Balaban J connectivity index is 0.865. The number of piperazine rings is 1. The molecule has 53 heavy (non-hydrogen) atoms. The maximum absolute atomic E-state index is 13.6. The summed E-state index contributed by atoms with van der Waals surface area (Å²) in [6.45, 7) is 4.88. The molecule has 2 aromatic carbocycles. The molecule has 1 saturated heterocycles. The molecule has 0 aliphatic carbocycles. The van der Waals surface area contributed by atoms with Gasteiger partial charge in [0.2, 0.25) is 11.9 Å². The first-order valence-corrected chi connectivity index (χ1v) is 17.3. The summed E-state index contributed by atoms with van der Waals surface area (Å²) in [4.78, 5) is 50.7. The number of hydrogen-bond acceptors (Lipinski definition) is 15. The van der Waals surface area contributed by atoms with Crippen molar-refractivity contribution in [3.63, 3.8) is 0 Å². The fourth-order valence-corrected chi connectivity index (χ4v) is 6.99. The fourth-order valence-electron chi connectivity index (χ4n) is 6.99. The summed E-state index contributed by atoms with van der Waals surface area (Å²) in [5.74, 6) is 1.54. The molecule has 2 aliphatic rings. The van der Waals surface area contributed by atoms with Crippen LogP contribution in [0.5, 0.6) is 0 Å². The number of oxazole rings is 1. The largest absolute Gasteiger partial charge is 0.424 e. The Hall–Kier alpha value is -6.75. The van der Waals surface area contributed by atoms with Gasteiger partial charge < -0.3 is 36.3 Å². The van der Waals surface area contributed by atoms with Crippen LogP contribution < -0.4 is 27.0 Å². The van der Waals surface area contributed by atoms with E-state index in [9.17, 15) is 4.79 Å². The molecule has 0 radical (unpaired) electrons. The number of carbonyl (C=O) groups is 1. The highest BCUT2D eigenvalue weighted by Crippen LogP contribution is 2.33. The Morgan fingerprint density at radius 3 is 2.26 bits per heavy atom. The minimum absolute atomic E-state index is 0.0894.